The largest absolute Gasteiger partial charge is 0.439 e. The normalized spacial score (nSPS) is 11.5. The lowest BCUT2D eigenvalue weighted by molar-refractivity contribution is 0.513. The molecule has 4 aromatic rings. The maximum absolute atomic E-state index is 6.26. The molecule has 0 aliphatic heterocycles. The molecule has 104 valence electrons. The molecule has 4 rings (SSSR count). The molecule has 2 heterocycles. The summed E-state index contributed by atoms with van der Waals surface area (Å²) in [6, 6.07) is 13.4. The average molecular weight is 298 g/mol. The summed E-state index contributed by atoms with van der Waals surface area (Å²) in [4.78, 5) is 4.47. The number of anilines is 1. The molecule has 4 nitrogen and oxygen atoms in total. The first-order chi connectivity index (χ1) is 10.2. The van der Waals surface area contributed by atoms with Crippen LogP contribution < -0.4 is 5.73 Å². The van der Waals surface area contributed by atoms with Gasteiger partial charge in [0.2, 0.25) is 5.89 Å². The number of para-hydroxylation sites is 1. The van der Waals surface area contributed by atoms with Gasteiger partial charge in [0.15, 0.2) is 5.58 Å². The fraction of sp³-hybridized carbons (Fsp3) is 0.0625. The Morgan fingerprint density at radius 1 is 1.19 bits per heavy atom. The fourth-order valence-electron chi connectivity index (χ4n) is 2.54. The molecule has 21 heavy (non-hydrogen) atoms. The van der Waals surface area contributed by atoms with Crippen molar-refractivity contribution in [3.8, 4) is 0 Å². The SMILES string of the molecule is Nc1ccc2oc(Cn3cc(Cl)c4ccccc43)nc2c1. The van der Waals surface area contributed by atoms with E-state index < -0.39 is 0 Å². The lowest BCUT2D eigenvalue weighted by atomic mass is 10.2. The van der Waals surface area contributed by atoms with Gasteiger partial charge in [-0.15, -0.1) is 0 Å². The highest BCUT2D eigenvalue weighted by molar-refractivity contribution is 6.35. The molecule has 0 fully saturated rings. The average Bonchev–Trinajstić information content (AvgIpc) is 3.01. The Morgan fingerprint density at radius 2 is 2.05 bits per heavy atom. The predicted molar refractivity (Wildman–Crippen MR) is 84.5 cm³/mol. The van der Waals surface area contributed by atoms with E-state index in [2.05, 4.69) is 4.98 Å². The van der Waals surface area contributed by atoms with Crippen LogP contribution in [0.5, 0.6) is 0 Å². The zero-order valence-corrected chi connectivity index (χ0v) is 11.8. The highest BCUT2D eigenvalue weighted by Crippen LogP contribution is 2.27. The Balaban J connectivity index is 1.79. The van der Waals surface area contributed by atoms with Gasteiger partial charge in [-0.25, -0.2) is 4.98 Å². The Hall–Kier alpha value is -2.46. The summed E-state index contributed by atoms with van der Waals surface area (Å²) in [6.07, 6.45) is 1.90. The van der Waals surface area contributed by atoms with Crippen LogP contribution in [0.1, 0.15) is 5.89 Å². The zero-order valence-electron chi connectivity index (χ0n) is 11.1. The summed E-state index contributed by atoms with van der Waals surface area (Å²) in [5, 5.41) is 1.76. The minimum atomic E-state index is 0.530. The Bertz CT molecular complexity index is 955. The predicted octanol–water partition coefficient (Wildman–Crippen LogP) is 4.07. The molecule has 2 N–H and O–H groups in total. The number of hydrogen-bond donors (Lipinski definition) is 1. The molecule has 0 amide bonds. The van der Waals surface area contributed by atoms with Crippen LogP contribution in [0.2, 0.25) is 5.02 Å². The highest BCUT2D eigenvalue weighted by atomic mass is 35.5. The van der Waals surface area contributed by atoms with E-state index in [-0.39, 0.29) is 0 Å². The van der Waals surface area contributed by atoms with Crippen LogP contribution in [0.4, 0.5) is 5.69 Å². The van der Waals surface area contributed by atoms with Crippen molar-refractivity contribution in [2.24, 2.45) is 0 Å². The second kappa shape index (κ2) is 4.53. The number of nitrogens with zero attached hydrogens (tertiary/aromatic N) is 2. The van der Waals surface area contributed by atoms with Crippen molar-refractivity contribution >= 4 is 39.3 Å². The van der Waals surface area contributed by atoms with Crippen LogP contribution in [0.25, 0.3) is 22.0 Å². The standard InChI is InChI=1S/C16H12ClN3O/c17-12-8-20(14-4-2-1-3-11(12)14)9-16-19-13-7-10(18)5-6-15(13)21-16/h1-8H,9,18H2. The Morgan fingerprint density at radius 3 is 2.95 bits per heavy atom. The van der Waals surface area contributed by atoms with Crippen LogP contribution in [0.3, 0.4) is 0 Å². The van der Waals surface area contributed by atoms with E-state index in [1.165, 1.54) is 0 Å². The summed E-state index contributed by atoms with van der Waals surface area (Å²) in [6.45, 7) is 0.530. The monoisotopic (exact) mass is 297 g/mol. The number of hydrogen-bond acceptors (Lipinski definition) is 3. The first-order valence-electron chi connectivity index (χ1n) is 6.59. The summed E-state index contributed by atoms with van der Waals surface area (Å²) < 4.78 is 7.79. The molecule has 2 aromatic heterocycles. The smallest absolute Gasteiger partial charge is 0.215 e. The number of nitrogens with two attached hydrogens (primary N) is 1. The fourth-order valence-corrected chi connectivity index (χ4v) is 2.82. The summed E-state index contributed by atoms with van der Waals surface area (Å²) in [5.41, 5.74) is 9.00. The lowest BCUT2D eigenvalue weighted by Gasteiger charge is -2.00. The van der Waals surface area contributed by atoms with Crippen molar-refractivity contribution in [2.75, 3.05) is 5.73 Å². The second-order valence-electron chi connectivity index (χ2n) is 4.96. The van der Waals surface area contributed by atoms with Crippen LogP contribution >= 0.6 is 11.6 Å². The Kier molecular flexibility index (Phi) is 2.65. The molecule has 0 atom stereocenters. The number of rotatable bonds is 2. The molecule has 0 unspecified atom stereocenters. The summed E-state index contributed by atoms with van der Waals surface area (Å²) in [5.74, 6) is 0.632. The molecular formula is C16H12ClN3O. The molecule has 0 aliphatic rings. The molecule has 0 radical (unpaired) electrons. The number of fused-ring (bicyclic) bond motifs is 2. The number of halogens is 1. The van der Waals surface area contributed by atoms with Gasteiger partial charge in [-0.3, -0.25) is 0 Å². The van der Waals surface area contributed by atoms with Gasteiger partial charge in [0.25, 0.3) is 0 Å². The first-order valence-corrected chi connectivity index (χ1v) is 6.97. The van der Waals surface area contributed by atoms with Gasteiger partial charge < -0.3 is 14.7 Å². The molecule has 0 saturated heterocycles. The van der Waals surface area contributed by atoms with E-state index in [4.69, 9.17) is 21.8 Å². The second-order valence-corrected chi connectivity index (χ2v) is 5.36. The quantitative estimate of drug-likeness (QED) is 0.567. The summed E-state index contributed by atoms with van der Waals surface area (Å²) in [7, 11) is 0. The molecule has 0 bridgehead atoms. The lowest BCUT2D eigenvalue weighted by Crippen LogP contribution is -1.97. The zero-order chi connectivity index (χ0) is 14.4. The maximum Gasteiger partial charge on any atom is 0.215 e. The van der Waals surface area contributed by atoms with Crippen molar-refractivity contribution in [3.05, 3.63) is 59.6 Å². The molecule has 2 aromatic carbocycles. The molecular weight excluding hydrogens is 286 g/mol. The van der Waals surface area contributed by atoms with E-state index in [0.717, 1.165) is 27.0 Å². The highest BCUT2D eigenvalue weighted by Gasteiger charge is 2.10. The van der Waals surface area contributed by atoms with E-state index in [9.17, 15) is 0 Å². The van der Waals surface area contributed by atoms with Crippen molar-refractivity contribution in [1.29, 1.82) is 0 Å². The first kappa shape index (κ1) is 12.3. The number of nitrogen functional groups attached to an aromatic ring is 1. The van der Waals surface area contributed by atoms with Crippen molar-refractivity contribution in [3.63, 3.8) is 0 Å². The molecule has 0 spiro atoms. The van der Waals surface area contributed by atoms with Gasteiger partial charge >= 0.3 is 0 Å². The maximum atomic E-state index is 6.26. The topological polar surface area (TPSA) is 57.0 Å². The van der Waals surface area contributed by atoms with Crippen molar-refractivity contribution < 1.29 is 4.42 Å². The van der Waals surface area contributed by atoms with Crippen LogP contribution in [0.15, 0.2) is 53.1 Å². The third-order valence-electron chi connectivity index (χ3n) is 3.50. The van der Waals surface area contributed by atoms with E-state index in [1.54, 1.807) is 6.07 Å². The van der Waals surface area contributed by atoms with Crippen LogP contribution in [-0.4, -0.2) is 9.55 Å². The molecule has 0 aliphatic carbocycles. The minimum absolute atomic E-state index is 0.530. The number of oxazole rings is 1. The number of benzene rings is 2. The van der Waals surface area contributed by atoms with Gasteiger partial charge in [-0.05, 0) is 24.3 Å². The van der Waals surface area contributed by atoms with E-state index >= 15 is 0 Å². The van der Waals surface area contributed by atoms with E-state index in [0.29, 0.717) is 18.1 Å². The summed E-state index contributed by atoms with van der Waals surface area (Å²) >= 11 is 6.26. The van der Waals surface area contributed by atoms with Gasteiger partial charge in [0, 0.05) is 17.3 Å². The van der Waals surface area contributed by atoms with Crippen LogP contribution in [0, 0.1) is 0 Å². The van der Waals surface area contributed by atoms with E-state index in [1.807, 2.05) is 47.2 Å². The van der Waals surface area contributed by atoms with Crippen LogP contribution in [-0.2, 0) is 6.54 Å². The van der Waals surface area contributed by atoms with Gasteiger partial charge in [0.1, 0.15) is 5.52 Å². The van der Waals surface area contributed by atoms with Gasteiger partial charge in [0.05, 0.1) is 17.1 Å². The van der Waals surface area contributed by atoms with Crippen molar-refractivity contribution in [1.82, 2.24) is 9.55 Å². The minimum Gasteiger partial charge on any atom is -0.439 e. The van der Waals surface area contributed by atoms with Gasteiger partial charge in [-0.2, -0.15) is 0 Å². The number of aromatic nitrogens is 2. The Labute approximate surface area is 125 Å². The van der Waals surface area contributed by atoms with Gasteiger partial charge in [-0.1, -0.05) is 29.8 Å². The van der Waals surface area contributed by atoms with Crippen molar-refractivity contribution in [2.45, 2.75) is 6.54 Å². The third kappa shape index (κ3) is 2.04. The molecule has 5 heteroatoms. The molecule has 0 saturated carbocycles. The third-order valence-corrected chi connectivity index (χ3v) is 3.80.